The molecule has 0 fully saturated rings. The molecule has 4 N–H and O–H groups in total. The summed E-state index contributed by atoms with van der Waals surface area (Å²) in [5.41, 5.74) is 0.994. The van der Waals surface area contributed by atoms with Crippen molar-refractivity contribution in [2.75, 3.05) is 19.6 Å². The maximum Gasteiger partial charge on any atom is 0.251 e. The van der Waals surface area contributed by atoms with Crippen LogP contribution in [0.2, 0.25) is 0 Å². The van der Waals surface area contributed by atoms with Crippen molar-refractivity contribution in [1.82, 2.24) is 16.0 Å². The number of rotatable bonds is 7. The summed E-state index contributed by atoms with van der Waals surface area (Å²) in [5, 5.41) is 18.2. The van der Waals surface area contributed by atoms with Crippen LogP contribution in [-0.4, -0.2) is 36.6 Å². The summed E-state index contributed by atoms with van der Waals surface area (Å²) in [5.74, 6) is 0.160. The molecule has 0 aromatic heterocycles. The summed E-state index contributed by atoms with van der Waals surface area (Å²) in [6.45, 7) is 3.69. The van der Waals surface area contributed by atoms with Gasteiger partial charge in [-0.15, -0.1) is 24.0 Å². The number of aromatic hydroxyl groups is 1. The van der Waals surface area contributed by atoms with Crippen LogP contribution in [0.25, 0.3) is 0 Å². The van der Waals surface area contributed by atoms with Gasteiger partial charge in [0.1, 0.15) is 11.6 Å². The Morgan fingerprint density at radius 3 is 2.37 bits per heavy atom. The molecule has 0 unspecified atom stereocenters. The van der Waals surface area contributed by atoms with Gasteiger partial charge in [-0.2, -0.15) is 0 Å². The van der Waals surface area contributed by atoms with Crippen LogP contribution in [-0.2, 0) is 6.54 Å². The monoisotopic (exact) mass is 486 g/mol. The fourth-order valence-corrected chi connectivity index (χ4v) is 2.20. The highest BCUT2D eigenvalue weighted by atomic mass is 127. The summed E-state index contributed by atoms with van der Waals surface area (Å²) in [4.78, 5) is 16.3. The molecule has 0 radical (unpaired) electrons. The molecule has 0 bridgehead atoms. The standard InChI is InChI=1S/C19H23FN4O2.HI/c1-2-21-19(24-13-15-5-3-4-6-17(15)20)23-12-11-22-18(26)14-7-9-16(25)10-8-14;/h3-10,25H,2,11-13H2,1H3,(H,22,26)(H2,21,23,24);1H. The molecular weight excluding hydrogens is 462 g/mol. The first-order valence-corrected chi connectivity index (χ1v) is 8.43. The summed E-state index contributed by atoms with van der Waals surface area (Å²) in [7, 11) is 0. The second-order valence-electron chi connectivity index (χ2n) is 5.52. The third-order valence-electron chi connectivity index (χ3n) is 3.54. The topological polar surface area (TPSA) is 85.8 Å². The van der Waals surface area contributed by atoms with Gasteiger partial charge in [0.2, 0.25) is 0 Å². The van der Waals surface area contributed by atoms with Crippen molar-refractivity contribution in [2.45, 2.75) is 13.5 Å². The van der Waals surface area contributed by atoms with Crippen molar-refractivity contribution in [2.24, 2.45) is 4.99 Å². The molecule has 8 heteroatoms. The van der Waals surface area contributed by atoms with E-state index >= 15 is 0 Å². The van der Waals surface area contributed by atoms with Crippen LogP contribution in [0.15, 0.2) is 53.5 Å². The molecule has 2 rings (SSSR count). The van der Waals surface area contributed by atoms with Crippen molar-refractivity contribution in [3.63, 3.8) is 0 Å². The molecule has 0 heterocycles. The van der Waals surface area contributed by atoms with E-state index in [2.05, 4.69) is 20.9 Å². The number of carbonyl (C=O) groups excluding carboxylic acids is 1. The zero-order valence-corrected chi connectivity index (χ0v) is 17.4. The lowest BCUT2D eigenvalue weighted by Gasteiger charge is -2.12. The van der Waals surface area contributed by atoms with Gasteiger partial charge in [-0.1, -0.05) is 18.2 Å². The van der Waals surface area contributed by atoms with Crippen LogP contribution >= 0.6 is 24.0 Å². The fraction of sp³-hybridized carbons (Fsp3) is 0.263. The summed E-state index contributed by atoms with van der Waals surface area (Å²) < 4.78 is 13.6. The Kier molecular flexibility index (Phi) is 10.2. The molecular formula is C19H24FIN4O2. The number of phenolic OH excluding ortho intramolecular Hbond substituents is 1. The molecule has 2 aromatic carbocycles. The van der Waals surface area contributed by atoms with Gasteiger partial charge < -0.3 is 21.1 Å². The van der Waals surface area contributed by atoms with Crippen molar-refractivity contribution >= 4 is 35.8 Å². The Morgan fingerprint density at radius 2 is 1.70 bits per heavy atom. The molecule has 146 valence electrons. The lowest BCUT2D eigenvalue weighted by molar-refractivity contribution is 0.0954. The van der Waals surface area contributed by atoms with Crippen molar-refractivity contribution < 1.29 is 14.3 Å². The average Bonchev–Trinajstić information content (AvgIpc) is 2.64. The number of halogens is 2. The quantitative estimate of drug-likeness (QED) is 0.210. The molecule has 2 aromatic rings. The second-order valence-corrected chi connectivity index (χ2v) is 5.52. The molecule has 27 heavy (non-hydrogen) atoms. The Labute approximate surface area is 175 Å². The minimum absolute atomic E-state index is 0. The van der Waals surface area contributed by atoms with E-state index in [1.165, 1.54) is 18.2 Å². The van der Waals surface area contributed by atoms with Gasteiger partial charge >= 0.3 is 0 Å². The Morgan fingerprint density at radius 1 is 1.04 bits per heavy atom. The molecule has 0 aliphatic rings. The van der Waals surface area contributed by atoms with Crippen LogP contribution in [0, 0.1) is 5.82 Å². The highest BCUT2D eigenvalue weighted by Crippen LogP contribution is 2.09. The van der Waals surface area contributed by atoms with Crippen LogP contribution in [0.5, 0.6) is 5.75 Å². The largest absolute Gasteiger partial charge is 0.508 e. The van der Waals surface area contributed by atoms with Crippen molar-refractivity contribution in [1.29, 1.82) is 0 Å². The van der Waals surface area contributed by atoms with Crippen molar-refractivity contribution in [3.8, 4) is 5.75 Å². The number of carbonyl (C=O) groups is 1. The van der Waals surface area contributed by atoms with E-state index in [1.54, 1.807) is 30.3 Å². The highest BCUT2D eigenvalue weighted by molar-refractivity contribution is 14.0. The maximum absolute atomic E-state index is 13.6. The molecule has 0 aliphatic heterocycles. The minimum Gasteiger partial charge on any atom is -0.508 e. The first kappa shape index (κ1) is 22.7. The number of amides is 1. The normalized spacial score (nSPS) is 10.7. The van der Waals surface area contributed by atoms with Crippen molar-refractivity contribution in [3.05, 3.63) is 65.5 Å². The summed E-state index contributed by atoms with van der Waals surface area (Å²) in [6, 6.07) is 12.5. The zero-order chi connectivity index (χ0) is 18.8. The fourth-order valence-electron chi connectivity index (χ4n) is 2.20. The number of aliphatic imine (C=N–C) groups is 1. The van der Waals surface area contributed by atoms with Crippen LogP contribution in [0.3, 0.4) is 0 Å². The Hall–Kier alpha value is -2.36. The molecule has 0 saturated carbocycles. The van der Waals surface area contributed by atoms with E-state index < -0.39 is 0 Å². The first-order chi connectivity index (χ1) is 12.6. The van der Waals surface area contributed by atoms with E-state index in [-0.39, 0.29) is 48.0 Å². The van der Waals surface area contributed by atoms with Gasteiger partial charge in [-0.3, -0.25) is 4.79 Å². The van der Waals surface area contributed by atoms with E-state index in [0.717, 1.165) is 0 Å². The van der Waals surface area contributed by atoms with Gasteiger partial charge in [0, 0.05) is 30.8 Å². The minimum atomic E-state index is -0.284. The summed E-state index contributed by atoms with van der Waals surface area (Å²) in [6.07, 6.45) is 0. The molecule has 0 saturated heterocycles. The first-order valence-electron chi connectivity index (χ1n) is 8.43. The van der Waals surface area contributed by atoms with E-state index in [9.17, 15) is 14.3 Å². The van der Waals surface area contributed by atoms with Gasteiger partial charge in [0.25, 0.3) is 5.91 Å². The number of phenols is 1. The third-order valence-corrected chi connectivity index (χ3v) is 3.54. The maximum atomic E-state index is 13.6. The van der Waals surface area contributed by atoms with E-state index in [1.807, 2.05) is 6.92 Å². The number of hydrogen-bond acceptors (Lipinski definition) is 3. The number of nitrogens with zero attached hydrogens (tertiary/aromatic N) is 1. The number of nitrogens with one attached hydrogen (secondary N) is 3. The predicted molar refractivity (Wildman–Crippen MR) is 115 cm³/mol. The van der Waals surface area contributed by atoms with Gasteiger partial charge in [0.15, 0.2) is 5.96 Å². The van der Waals surface area contributed by atoms with Crippen LogP contribution in [0.4, 0.5) is 4.39 Å². The lowest BCUT2D eigenvalue weighted by atomic mass is 10.2. The molecule has 0 spiro atoms. The molecule has 6 nitrogen and oxygen atoms in total. The second kappa shape index (κ2) is 12.1. The van der Waals surface area contributed by atoms with Crippen LogP contribution < -0.4 is 16.0 Å². The number of guanidine groups is 1. The third kappa shape index (κ3) is 7.81. The smallest absolute Gasteiger partial charge is 0.251 e. The summed E-state index contributed by atoms with van der Waals surface area (Å²) >= 11 is 0. The van der Waals surface area contributed by atoms with Gasteiger partial charge in [-0.25, -0.2) is 9.38 Å². The predicted octanol–water partition coefficient (Wildman–Crippen LogP) is 2.63. The van der Waals surface area contributed by atoms with Gasteiger partial charge in [-0.05, 0) is 37.3 Å². The lowest BCUT2D eigenvalue weighted by Crippen LogP contribution is -2.41. The molecule has 0 atom stereocenters. The number of hydrogen-bond donors (Lipinski definition) is 4. The van der Waals surface area contributed by atoms with E-state index in [4.69, 9.17) is 0 Å². The van der Waals surface area contributed by atoms with E-state index in [0.29, 0.717) is 36.7 Å². The highest BCUT2D eigenvalue weighted by Gasteiger charge is 2.05. The molecule has 0 aliphatic carbocycles. The molecule has 1 amide bonds. The van der Waals surface area contributed by atoms with Crippen LogP contribution in [0.1, 0.15) is 22.8 Å². The zero-order valence-electron chi connectivity index (χ0n) is 15.0. The average molecular weight is 486 g/mol. The Bertz CT molecular complexity index is 754. The SMILES string of the molecule is CCNC(=NCc1ccccc1F)NCCNC(=O)c1ccc(O)cc1.I. The van der Waals surface area contributed by atoms with Gasteiger partial charge in [0.05, 0.1) is 6.54 Å². The Balaban J connectivity index is 0.00000364. The number of benzene rings is 2.